The zero-order valence-electron chi connectivity index (χ0n) is 19.7. The molecule has 0 saturated heterocycles. The molecule has 0 amide bonds. The molecule has 31 heavy (non-hydrogen) atoms. The van der Waals surface area contributed by atoms with Crippen molar-refractivity contribution in [2.45, 2.75) is 65.7 Å². The summed E-state index contributed by atoms with van der Waals surface area (Å²) < 4.78 is 0. The van der Waals surface area contributed by atoms with Gasteiger partial charge >= 0.3 is 0 Å². The summed E-state index contributed by atoms with van der Waals surface area (Å²) in [5, 5.41) is 0. The number of hydrogen-bond donors (Lipinski definition) is 0. The molecule has 0 bridgehead atoms. The van der Waals surface area contributed by atoms with E-state index in [1.54, 1.807) is 0 Å². The van der Waals surface area contributed by atoms with E-state index in [-0.39, 0.29) is 0 Å². The van der Waals surface area contributed by atoms with E-state index in [9.17, 15) is 0 Å². The highest BCUT2D eigenvalue weighted by Crippen LogP contribution is 2.55. The molecule has 0 heterocycles. The van der Waals surface area contributed by atoms with E-state index in [1.807, 2.05) is 0 Å². The molecule has 4 rings (SSSR count). The molecule has 2 unspecified atom stereocenters. The van der Waals surface area contributed by atoms with Crippen molar-refractivity contribution in [1.82, 2.24) is 0 Å². The molecule has 0 aromatic heterocycles. The van der Waals surface area contributed by atoms with Gasteiger partial charge in [0.1, 0.15) is 0 Å². The minimum absolute atomic E-state index is 0.320. The summed E-state index contributed by atoms with van der Waals surface area (Å²) in [6.45, 7) is 18.1. The average Bonchev–Trinajstić information content (AvgIpc) is 3.30. The fraction of sp³-hybridized carbons (Fsp3) is 0.355. The summed E-state index contributed by atoms with van der Waals surface area (Å²) in [5.74, 6) is 0.669. The molecule has 0 radical (unpaired) electrons. The average molecular weight is 409 g/mol. The highest BCUT2D eigenvalue weighted by Gasteiger charge is 2.40. The first-order valence-electron chi connectivity index (χ1n) is 11.9. The highest BCUT2D eigenvalue weighted by molar-refractivity contribution is 5.61. The van der Waals surface area contributed by atoms with E-state index in [0.29, 0.717) is 11.8 Å². The molecule has 0 heteroatoms. The first-order valence-corrected chi connectivity index (χ1v) is 11.9. The summed E-state index contributed by atoms with van der Waals surface area (Å²) in [6.07, 6.45) is 14.7. The van der Waals surface area contributed by atoms with Crippen molar-refractivity contribution in [3.05, 3.63) is 117 Å². The van der Waals surface area contributed by atoms with E-state index >= 15 is 0 Å². The van der Waals surface area contributed by atoms with Crippen LogP contribution in [0.1, 0.15) is 70.4 Å². The number of aryl methyl sites for hydroxylation is 1. The second-order valence-corrected chi connectivity index (χ2v) is 9.52. The Labute approximate surface area is 189 Å². The molecule has 0 nitrogen and oxygen atoms in total. The fourth-order valence-corrected chi connectivity index (χ4v) is 5.60. The Bertz CT molecular complexity index is 1060. The molecule has 3 aliphatic rings. The maximum atomic E-state index is 4.65. The summed E-state index contributed by atoms with van der Waals surface area (Å²) in [7, 11) is 0. The molecular weight excluding hydrogens is 372 g/mol. The summed E-state index contributed by atoms with van der Waals surface area (Å²) >= 11 is 0. The lowest BCUT2D eigenvalue weighted by Crippen LogP contribution is -2.21. The van der Waals surface area contributed by atoms with Crippen LogP contribution in [0.2, 0.25) is 0 Å². The molecule has 1 aromatic carbocycles. The van der Waals surface area contributed by atoms with Crippen LogP contribution in [0.15, 0.2) is 106 Å². The van der Waals surface area contributed by atoms with E-state index < -0.39 is 0 Å². The SMILES string of the molecule is C=C(CCC)C1=C(C)C=C2CC(=CC3=CC=C(C)C3)C(=C)C2C1c1ccc(CC)cc1. The minimum Gasteiger partial charge on any atom is -0.0955 e. The zero-order valence-corrected chi connectivity index (χ0v) is 19.7. The lowest BCUT2D eigenvalue weighted by Gasteiger charge is -2.34. The molecule has 160 valence electrons. The van der Waals surface area contributed by atoms with Gasteiger partial charge in [-0.05, 0) is 78.5 Å². The third-order valence-electron chi connectivity index (χ3n) is 7.16. The van der Waals surface area contributed by atoms with Crippen molar-refractivity contribution in [1.29, 1.82) is 0 Å². The van der Waals surface area contributed by atoms with Gasteiger partial charge < -0.3 is 0 Å². The van der Waals surface area contributed by atoms with Crippen LogP contribution >= 0.6 is 0 Å². The summed E-state index contributed by atoms with van der Waals surface area (Å²) in [5.41, 5.74) is 14.0. The first kappa shape index (κ1) is 21.6. The third-order valence-corrected chi connectivity index (χ3v) is 7.16. The molecule has 0 aliphatic heterocycles. The second kappa shape index (κ2) is 8.87. The van der Waals surface area contributed by atoms with Gasteiger partial charge in [0, 0.05) is 11.8 Å². The van der Waals surface area contributed by atoms with Crippen molar-refractivity contribution in [2.75, 3.05) is 0 Å². The monoisotopic (exact) mass is 408 g/mol. The van der Waals surface area contributed by atoms with Gasteiger partial charge in [-0.3, -0.25) is 0 Å². The molecule has 0 N–H and O–H groups in total. The Morgan fingerprint density at radius 3 is 2.39 bits per heavy atom. The van der Waals surface area contributed by atoms with Crippen LogP contribution in [0.4, 0.5) is 0 Å². The van der Waals surface area contributed by atoms with E-state index in [0.717, 1.165) is 32.1 Å². The smallest absolute Gasteiger partial charge is 0.0201 e. The van der Waals surface area contributed by atoms with Gasteiger partial charge in [0.2, 0.25) is 0 Å². The van der Waals surface area contributed by atoms with Gasteiger partial charge in [-0.15, -0.1) is 0 Å². The standard InChI is InChI=1S/C31H36/c1-7-9-21(4)29-22(5)17-28-19-27(18-25-11-10-20(3)16-25)23(6)30(28)31(29)26-14-12-24(8-2)13-15-26/h10-15,17-18,30-31H,4,6-9,16,19H2,1-3,5H3. The Morgan fingerprint density at radius 2 is 1.77 bits per heavy atom. The topological polar surface area (TPSA) is 0 Å². The largest absolute Gasteiger partial charge is 0.0955 e. The van der Waals surface area contributed by atoms with E-state index in [2.05, 4.69) is 89.4 Å². The predicted octanol–water partition coefficient (Wildman–Crippen LogP) is 8.72. The molecule has 3 aliphatic carbocycles. The van der Waals surface area contributed by atoms with Crippen LogP contribution in [-0.4, -0.2) is 0 Å². The highest BCUT2D eigenvalue weighted by atomic mass is 14.4. The van der Waals surface area contributed by atoms with Crippen molar-refractivity contribution in [3.8, 4) is 0 Å². The van der Waals surface area contributed by atoms with E-state index in [4.69, 9.17) is 0 Å². The number of benzene rings is 1. The van der Waals surface area contributed by atoms with Gasteiger partial charge in [-0.2, -0.15) is 0 Å². The van der Waals surface area contributed by atoms with Crippen LogP contribution in [0.25, 0.3) is 0 Å². The van der Waals surface area contributed by atoms with Crippen LogP contribution in [0.3, 0.4) is 0 Å². The normalized spacial score (nSPS) is 24.3. The molecule has 2 atom stereocenters. The quantitative estimate of drug-likeness (QED) is 0.441. The van der Waals surface area contributed by atoms with Crippen molar-refractivity contribution < 1.29 is 0 Å². The number of allylic oxidation sites excluding steroid dienone is 12. The van der Waals surface area contributed by atoms with Gasteiger partial charge in [-0.25, -0.2) is 0 Å². The van der Waals surface area contributed by atoms with Gasteiger partial charge in [-0.1, -0.05) is 98.7 Å². The Hall–Kier alpha value is -2.60. The Morgan fingerprint density at radius 1 is 1.03 bits per heavy atom. The van der Waals surface area contributed by atoms with Gasteiger partial charge in [0.15, 0.2) is 0 Å². The fourth-order valence-electron chi connectivity index (χ4n) is 5.60. The maximum Gasteiger partial charge on any atom is 0.0201 e. The second-order valence-electron chi connectivity index (χ2n) is 9.52. The van der Waals surface area contributed by atoms with Gasteiger partial charge in [0.05, 0.1) is 0 Å². The molecule has 0 spiro atoms. The number of hydrogen-bond acceptors (Lipinski definition) is 0. The molecule has 1 aromatic rings. The van der Waals surface area contributed by atoms with E-state index in [1.165, 1.54) is 55.7 Å². The van der Waals surface area contributed by atoms with Crippen molar-refractivity contribution in [3.63, 3.8) is 0 Å². The first-order chi connectivity index (χ1) is 14.9. The van der Waals surface area contributed by atoms with Crippen LogP contribution in [-0.2, 0) is 6.42 Å². The lowest BCUT2D eigenvalue weighted by atomic mass is 9.69. The lowest BCUT2D eigenvalue weighted by molar-refractivity contribution is 0.619. The maximum absolute atomic E-state index is 4.65. The van der Waals surface area contributed by atoms with Crippen LogP contribution < -0.4 is 0 Å². The Kier molecular flexibility index (Phi) is 6.19. The number of rotatable bonds is 6. The number of fused-ring (bicyclic) bond motifs is 1. The summed E-state index contributed by atoms with van der Waals surface area (Å²) in [6, 6.07) is 9.30. The van der Waals surface area contributed by atoms with Gasteiger partial charge in [0.25, 0.3) is 0 Å². The molecule has 1 fully saturated rings. The predicted molar refractivity (Wildman–Crippen MR) is 135 cm³/mol. The van der Waals surface area contributed by atoms with Crippen molar-refractivity contribution in [2.24, 2.45) is 5.92 Å². The van der Waals surface area contributed by atoms with Crippen molar-refractivity contribution >= 4 is 0 Å². The summed E-state index contributed by atoms with van der Waals surface area (Å²) in [4.78, 5) is 0. The third kappa shape index (κ3) is 4.13. The zero-order chi connectivity index (χ0) is 22.1. The van der Waals surface area contributed by atoms with Crippen LogP contribution in [0.5, 0.6) is 0 Å². The molecule has 1 saturated carbocycles. The molecular formula is C31H36. The van der Waals surface area contributed by atoms with Crippen LogP contribution in [0, 0.1) is 5.92 Å². The Balaban J connectivity index is 1.76. The minimum atomic E-state index is 0.320.